The monoisotopic (exact) mass is 571 g/mol. The number of unbranched alkanes of at least 4 members (excludes halogenated alkanes) is 1. The molecule has 4 atom stereocenters. The maximum Gasteiger partial charge on any atom is 0.317 e. The lowest BCUT2D eigenvalue weighted by molar-refractivity contribution is -0.0116. The summed E-state index contributed by atoms with van der Waals surface area (Å²) in [5.74, 6) is 3.39. The molecule has 0 aliphatic carbocycles. The summed E-state index contributed by atoms with van der Waals surface area (Å²) in [6.45, 7) is 14.0. The molecule has 41 heavy (non-hydrogen) atoms. The number of benzene rings is 1. The fraction of sp³-hybridized carbons (Fsp3) is 0.811. The van der Waals surface area contributed by atoms with Crippen molar-refractivity contribution in [1.82, 2.24) is 10.2 Å². The molecule has 2 amide bonds. The quantitative estimate of drug-likeness (QED) is 0.145. The van der Waals surface area contributed by atoms with Crippen LogP contribution >= 0.6 is 0 Å². The van der Waals surface area contributed by atoms with Gasteiger partial charge in [0.25, 0.3) is 0 Å². The van der Waals surface area contributed by atoms with E-state index in [1.54, 1.807) is 0 Å². The summed E-state index contributed by atoms with van der Waals surface area (Å²) in [6.07, 6.45) is 20.8. The van der Waals surface area contributed by atoms with Crippen molar-refractivity contribution >= 4 is 6.03 Å². The van der Waals surface area contributed by atoms with Gasteiger partial charge in [0.15, 0.2) is 0 Å². The van der Waals surface area contributed by atoms with Crippen LogP contribution in [0, 0.1) is 23.7 Å². The van der Waals surface area contributed by atoms with E-state index in [1.807, 2.05) is 23.1 Å². The first kappa shape index (κ1) is 35.6. The van der Waals surface area contributed by atoms with Crippen molar-refractivity contribution in [1.29, 1.82) is 0 Å². The molecule has 0 bridgehead atoms. The molecule has 1 heterocycles. The van der Waals surface area contributed by atoms with E-state index in [1.165, 1.54) is 83.5 Å². The summed E-state index contributed by atoms with van der Waals surface area (Å²) >= 11 is 0. The summed E-state index contributed by atoms with van der Waals surface area (Å²) < 4.78 is 0. The number of piperidine rings is 1. The van der Waals surface area contributed by atoms with E-state index in [9.17, 15) is 9.90 Å². The van der Waals surface area contributed by atoms with E-state index >= 15 is 0 Å². The molecule has 236 valence electrons. The van der Waals surface area contributed by atoms with Crippen LogP contribution in [-0.2, 0) is 6.42 Å². The van der Waals surface area contributed by atoms with Crippen molar-refractivity contribution < 1.29 is 9.90 Å². The van der Waals surface area contributed by atoms with Gasteiger partial charge in [0, 0.05) is 26.1 Å². The van der Waals surface area contributed by atoms with Gasteiger partial charge in [0.2, 0.25) is 0 Å². The number of rotatable bonds is 21. The van der Waals surface area contributed by atoms with Crippen LogP contribution in [0.15, 0.2) is 30.3 Å². The summed E-state index contributed by atoms with van der Waals surface area (Å²) in [5.41, 5.74) is 0.463. The first-order valence-corrected chi connectivity index (χ1v) is 17.5. The minimum absolute atomic E-state index is 0.0317. The third kappa shape index (κ3) is 16.0. The smallest absolute Gasteiger partial charge is 0.317 e. The van der Waals surface area contributed by atoms with Crippen molar-refractivity contribution in [3.63, 3.8) is 0 Å². The van der Waals surface area contributed by atoms with Crippen LogP contribution in [0.3, 0.4) is 0 Å². The Bertz CT molecular complexity index is 789. The van der Waals surface area contributed by atoms with E-state index in [4.69, 9.17) is 0 Å². The molecular formula is C37H66N2O2. The van der Waals surface area contributed by atoms with Gasteiger partial charge in [0.1, 0.15) is 0 Å². The zero-order chi connectivity index (χ0) is 29.9. The van der Waals surface area contributed by atoms with Gasteiger partial charge in [-0.05, 0) is 54.9 Å². The van der Waals surface area contributed by atoms with Crippen LogP contribution in [0.25, 0.3) is 0 Å². The molecule has 0 saturated carbocycles. The third-order valence-electron chi connectivity index (χ3n) is 9.72. The van der Waals surface area contributed by atoms with Crippen molar-refractivity contribution in [3.8, 4) is 0 Å². The molecule has 4 nitrogen and oxygen atoms in total. The van der Waals surface area contributed by atoms with Gasteiger partial charge >= 0.3 is 6.03 Å². The van der Waals surface area contributed by atoms with Crippen LogP contribution in [-0.4, -0.2) is 41.3 Å². The number of amides is 2. The highest BCUT2D eigenvalue weighted by atomic mass is 16.3. The molecule has 1 fully saturated rings. The van der Waals surface area contributed by atoms with Gasteiger partial charge in [-0.1, -0.05) is 142 Å². The van der Waals surface area contributed by atoms with Crippen LogP contribution in [0.1, 0.15) is 143 Å². The maximum absolute atomic E-state index is 12.6. The van der Waals surface area contributed by atoms with Crippen LogP contribution < -0.4 is 5.32 Å². The van der Waals surface area contributed by atoms with Crippen LogP contribution in [0.5, 0.6) is 0 Å². The molecule has 1 aliphatic heterocycles. The second-order valence-electron chi connectivity index (χ2n) is 14.1. The number of hydrogen-bond acceptors (Lipinski definition) is 2. The normalized spacial score (nSPS) is 18.0. The minimum atomic E-state index is -0.699. The summed E-state index contributed by atoms with van der Waals surface area (Å²) in [7, 11) is 0. The summed E-state index contributed by atoms with van der Waals surface area (Å²) in [4.78, 5) is 14.5. The predicted molar refractivity (Wildman–Crippen MR) is 176 cm³/mol. The Labute approximate surface area is 254 Å². The molecule has 4 unspecified atom stereocenters. The first-order valence-electron chi connectivity index (χ1n) is 17.5. The zero-order valence-corrected chi connectivity index (χ0v) is 27.6. The van der Waals surface area contributed by atoms with E-state index < -0.39 is 5.60 Å². The van der Waals surface area contributed by atoms with Crippen molar-refractivity contribution in [2.75, 3.05) is 19.6 Å². The molecule has 1 aromatic rings. The predicted octanol–water partition coefficient (Wildman–Crippen LogP) is 9.79. The SMILES string of the molecule is CCCC(C)CCCC(C)CCCCC(C)CCCC(C)CCCNC(=O)N1CCC(O)(Cc2ccccc2)CC1. The molecule has 2 N–H and O–H groups in total. The molecule has 1 saturated heterocycles. The first-order chi connectivity index (χ1) is 19.7. The third-order valence-corrected chi connectivity index (χ3v) is 9.72. The number of urea groups is 1. The summed E-state index contributed by atoms with van der Waals surface area (Å²) in [6, 6.07) is 10.2. The molecule has 2 rings (SSSR count). The van der Waals surface area contributed by atoms with Crippen LogP contribution in [0.2, 0.25) is 0 Å². The Morgan fingerprint density at radius 2 is 1.22 bits per heavy atom. The maximum atomic E-state index is 12.6. The average Bonchev–Trinajstić information content (AvgIpc) is 2.94. The number of likely N-dealkylation sites (tertiary alicyclic amines) is 1. The van der Waals surface area contributed by atoms with Gasteiger partial charge in [0.05, 0.1) is 5.60 Å². The lowest BCUT2D eigenvalue weighted by Gasteiger charge is -2.38. The average molecular weight is 571 g/mol. The molecule has 1 aliphatic rings. The molecule has 0 radical (unpaired) electrons. The van der Waals surface area contributed by atoms with Crippen molar-refractivity contribution in [2.45, 2.75) is 149 Å². The van der Waals surface area contributed by atoms with Crippen molar-refractivity contribution in [2.24, 2.45) is 23.7 Å². The number of nitrogens with zero attached hydrogens (tertiary/aromatic N) is 1. The Hall–Kier alpha value is -1.55. The lowest BCUT2D eigenvalue weighted by atomic mass is 9.85. The van der Waals surface area contributed by atoms with E-state index in [0.29, 0.717) is 32.4 Å². The van der Waals surface area contributed by atoms with E-state index in [-0.39, 0.29) is 6.03 Å². The standard InChI is InChI=1S/C37H66N2O2/c1-6-15-31(2)18-12-19-32(3)16-10-11-17-33(4)20-13-21-34(5)22-14-27-38-36(40)39-28-25-37(41,26-29-39)30-35-23-8-7-9-24-35/h7-9,23-24,31-34,41H,6,10-22,25-30H2,1-5H3,(H,38,40). The highest BCUT2D eigenvalue weighted by Gasteiger charge is 2.33. The summed E-state index contributed by atoms with van der Waals surface area (Å²) in [5, 5.41) is 14.1. The van der Waals surface area contributed by atoms with E-state index in [0.717, 1.165) is 42.2 Å². The molecule has 4 heteroatoms. The number of aliphatic hydroxyl groups is 1. The Balaban J connectivity index is 1.44. The zero-order valence-electron chi connectivity index (χ0n) is 27.6. The Morgan fingerprint density at radius 3 is 1.73 bits per heavy atom. The number of hydrogen-bond donors (Lipinski definition) is 2. The molecule has 1 aromatic carbocycles. The fourth-order valence-electron chi connectivity index (χ4n) is 6.72. The topological polar surface area (TPSA) is 52.6 Å². The second kappa shape index (κ2) is 20.4. The Morgan fingerprint density at radius 1 is 0.756 bits per heavy atom. The lowest BCUT2D eigenvalue weighted by Crippen LogP contribution is -2.50. The van der Waals surface area contributed by atoms with Gasteiger partial charge in [-0.3, -0.25) is 0 Å². The second-order valence-corrected chi connectivity index (χ2v) is 14.1. The van der Waals surface area contributed by atoms with Gasteiger partial charge in [-0.25, -0.2) is 4.79 Å². The number of carbonyl (C=O) groups is 1. The minimum Gasteiger partial charge on any atom is -0.389 e. The Kier molecular flexibility index (Phi) is 17.7. The van der Waals surface area contributed by atoms with Gasteiger partial charge < -0.3 is 15.3 Å². The van der Waals surface area contributed by atoms with Gasteiger partial charge in [-0.15, -0.1) is 0 Å². The fourth-order valence-corrected chi connectivity index (χ4v) is 6.72. The van der Waals surface area contributed by atoms with Crippen molar-refractivity contribution in [3.05, 3.63) is 35.9 Å². The largest absolute Gasteiger partial charge is 0.389 e. The highest BCUT2D eigenvalue weighted by molar-refractivity contribution is 5.74. The molecule has 0 spiro atoms. The van der Waals surface area contributed by atoms with Crippen LogP contribution in [0.4, 0.5) is 4.79 Å². The van der Waals surface area contributed by atoms with E-state index in [2.05, 4.69) is 52.1 Å². The molecular weight excluding hydrogens is 504 g/mol. The number of nitrogens with one attached hydrogen (secondary N) is 1. The highest BCUT2D eigenvalue weighted by Crippen LogP contribution is 2.27. The number of carbonyl (C=O) groups excluding carboxylic acids is 1. The molecule has 0 aromatic heterocycles. The van der Waals surface area contributed by atoms with Gasteiger partial charge in [-0.2, -0.15) is 0 Å².